The molecular weight excluding hydrogens is 308 g/mol. The molecule has 1 fully saturated rings. The van der Waals surface area contributed by atoms with Crippen molar-refractivity contribution in [3.63, 3.8) is 0 Å². The van der Waals surface area contributed by atoms with Gasteiger partial charge in [0.15, 0.2) is 5.13 Å². The van der Waals surface area contributed by atoms with Gasteiger partial charge in [-0.15, -0.1) is 11.3 Å². The fourth-order valence-corrected chi connectivity index (χ4v) is 3.61. The van der Waals surface area contributed by atoms with E-state index < -0.39 is 5.41 Å². The Morgan fingerprint density at radius 2 is 2.00 bits per heavy atom. The molecule has 23 heavy (non-hydrogen) atoms. The first-order valence-electron chi connectivity index (χ1n) is 7.78. The number of ether oxygens (including phenoxy) is 1. The number of carbonyl (C=O) groups is 1. The minimum atomic E-state index is -0.472. The topological polar surface area (TPSA) is 51.2 Å². The van der Waals surface area contributed by atoms with E-state index in [0.717, 1.165) is 29.8 Å². The normalized spacial score (nSPS) is 16.0. The van der Waals surface area contributed by atoms with Gasteiger partial charge in [-0.1, -0.05) is 39.0 Å². The molecule has 1 saturated carbocycles. The van der Waals surface area contributed by atoms with Crippen molar-refractivity contribution >= 4 is 22.4 Å². The fraction of sp³-hybridized carbons (Fsp3) is 0.444. The molecule has 3 rings (SSSR count). The second kappa shape index (κ2) is 5.64. The molecule has 1 aliphatic rings. The standard InChI is InChI=1S/C18H22N2O2S/c1-17(2,3)14-11-23-16(19-14)20-15(21)18(9-10-18)12-7-5-6-8-13(12)22-4/h5-8,11H,9-10H2,1-4H3,(H,19,20,21). The third-order valence-corrected chi connectivity index (χ3v) is 5.06. The highest BCUT2D eigenvalue weighted by atomic mass is 32.1. The Morgan fingerprint density at radius 1 is 1.30 bits per heavy atom. The summed E-state index contributed by atoms with van der Waals surface area (Å²) in [6.45, 7) is 6.35. The Kier molecular flexibility index (Phi) is 3.92. The van der Waals surface area contributed by atoms with Gasteiger partial charge in [-0.05, 0) is 18.9 Å². The second-order valence-electron chi connectivity index (χ2n) is 7.02. The van der Waals surface area contributed by atoms with Crippen molar-refractivity contribution in [2.24, 2.45) is 0 Å². The zero-order valence-electron chi connectivity index (χ0n) is 14.0. The van der Waals surface area contributed by atoms with Crippen LogP contribution in [-0.2, 0) is 15.6 Å². The lowest BCUT2D eigenvalue weighted by Gasteiger charge is -2.18. The van der Waals surface area contributed by atoms with E-state index in [1.807, 2.05) is 29.6 Å². The lowest BCUT2D eigenvalue weighted by Crippen LogP contribution is -2.28. The van der Waals surface area contributed by atoms with Gasteiger partial charge in [0.25, 0.3) is 0 Å². The third kappa shape index (κ3) is 2.98. The Morgan fingerprint density at radius 3 is 2.57 bits per heavy atom. The number of benzene rings is 1. The van der Waals surface area contributed by atoms with Gasteiger partial charge >= 0.3 is 0 Å². The molecule has 0 spiro atoms. The van der Waals surface area contributed by atoms with Crippen LogP contribution in [-0.4, -0.2) is 18.0 Å². The molecule has 1 aliphatic carbocycles. The van der Waals surface area contributed by atoms with Gasteiger partial charge in [-0.25, -0.2) is 4.98 Å². The molecule has 0 unspecified atom stereocenters. The molecule has 1 N–H and O–H groups in total. The molecule has 0 atom stereocenters. The number of thiazole rings is 1. The molecule has 2 aromatic rings. The number of amides is 1. The summed E-state index contributed by atoms with van der Waals surface area (Å²) in [6.07, 6.45) is 1.69. The highest BCUT2D eigenvalue weighted by molar-refractivity contribution is 7.14. The maximum atomic E-state index is 12.8. The highest BCUT2D eigenvalue weighted by Crippen LogP contribution is 2.52. The maximum Gasteiger partial charge on any atom is 0.236 e. The Hall–Kier alpha value is -1.88. The van der Waals surface area contributed by atoms with Gasteiger partial charge in [0.05, 0.1) is 18.2 Å². The number of carbonyl (C=O) groups excluding carboxylic acids is 1. The summed E-state index contributed by atoms with van der Waals surface area (Å²) in [5, 5.41) is 5.68. The van der Waals surface area contributed by atoms with Gasteiger partial charge in [-0.3, -0.25) is 4.79 Å². The number of anilines is 1. The van der Waals surface area contributed by atoms with E-state index in [1.54, 1.807) is 7.11 Å². The zero-order valence-corrected chi connectivity index (χ0v) is 14.8. The molecule has 1 amide bonds. The number of hydrogen-bond donors (Lipinski definition) is 1. The average Bonchev–Trinajstić information content (AvgIpc) is 3.19. The van der Waals surface area contributed by atoms with E-state index in [0.29, 0.717) is 5.13 Å². The van der Waals surface area contributed by atoms with Gasteiger partial charge in [-0.2, -0.15) is 0 Å². The first kappa shape index (κ1) is 16.0. The number of para-hydroxylation sites is 1. The van der Waals surface area contributed by atoms with Crippen LogP contribution in [0.1, 0.15) is 44.9 Å². The van der Waals surface area contributed by atoms with Crippen molar-refractivity contribution in [1.29, 1.82) is 0 Å². The largest absolute Gasteiger partial charge is 0.496 e. The number of nitrogens with one attached hydrogen (secondary N) is 1. The van der Waals surface area contributed by atoms with E-state index >= 15 is 0 Å². The molecule has 1 aromatic carbocycles. The molecular formula is C18H22N2O2S. The number of methoxy groups -OCH3 is 1. The number of hydrogen-bond acceptors (Lipinski definition) is 4. The summed E-state index contributed by atoms with van der Waals surface area (Å²) in [7, 11) is 1.64. The number of nitrogens with zero attached hydrogens (tertiary/aromatic N) is 1. The quantitative estimate of drug-likeness (QED) is 0.917. The van der Waals surface area contributed by atoms with Crippen LogP contribution >= 0.6 is 11.3 Å². The summed E-state index contributed by atoms with van der Waals surface area (Å²) in [5.41, 5.74) is 1.48. The molecule has 4 nitrogen and oxygen atoms in total. The Balaban J connectivity index is 1.82. The van der Waals surface area contributed by atoms with Crippen LogP contribution in [0.15, 0.2) is 29.6 Å². The van der Waals surface area contributed by atoms with Crippen LogP contribution in [0.25, 0.3) is 0 Å². The lowest BCUT2D eigenvalue weighted by atomic mass is 9.93. The van der Waals surface area contributed by atoms with Crippen LogP contribution in [0.3, 0.4) is 0 Å². The van der Waals surface area contributed by atoms with Gasteiger partial charge in [0.2, 0.25) is 5.91 Å². The van der Waals surface area contributed by atoms with Crippen molar-refractivity contribution in [1.82, 2.24) is 4.98 Å². The van der Waals surface area contributed by atoms with Crippen molar-refractivity contribution in [2.75, 3.05) is 12.4 Å². The molecule has 0 saturated heterocycles. The molecule has 0 bridgehead atoms. The summed E-state index contributed by atoms with van der Waals surface area (Å²) in [6, 6.07) is 7.76. The molecule has 1 aromatic heterocycles. The summed E-state index contributed by atoms with van der Waals surface area (Å²) < 4.78 is 5.43. The van der Waals surface area contributed by atoms with E-state index in [4.69, 9.17) is 4.74 Å². The van der Waals surface area contributed by atoms with Gasteiger partial charge in [0.1, 0.15) is 5.75 Å². The minimum absolute atomic E-state index is 0.0109. The zero-order chi connectivity index (χ0) is 16.7. The van der Waals surface area contributed by atoms with Crippen molar-refractivity contribution in [3.8, 4) is 5.75 Å². The summed E-state index contributed by atoms with van der Waals surface area (Å²) >= 11 is 1.48. The highest BCUT2D eigenvalue weighted by Gasteiger charge is 2.53. The first-order valence-corrected chi connectivity index (χ1v) is 8.66. The lowest BCUT2D eigenvalue weighted by molar-refractivity contribution is -0.118. The van der Waals surface area contributed by atoms with E-state index in [-0.39, 0.29) is 11.3 Å². The predicted octanol–water partition coefficient (Wildman–Crippen LogP) is 4.12. The number of aromatic nitrogens is 1. The Labute approximate surface area is 140 Å². The third-order valence-electron chi connectivity index (χ3n) is 4.30. The summed E-state index contributed by atoms with van der Waals surface area (Å²) in [5.74, 6) is 0.784. The average molecular weight is 330 g/mol. The van der Waals surface area contributed by atoms with Crippen LogP contribution in [0.4, 0.5) is 5.13 Å². The van der Waals surface area contributed by atoms with Crippen molar-refractivity contribution in [3.05, 3.63) is 40.9 Å². The van der Waals surface area contributed by atoms with Crippen LogP contribution in [0.5, 0.6) is 5.75 Å². The van der Waals surface area contributed by atoms with Crippen LogP contribution in [0, 0.1) is 0 Å². The van der Waals surface area contributed by atoms with Crippen LogP contribution < -0.4 is 10.1 Å². The molecule has 0 radical (unpaired) electrons. The van der Waals surface area contributed by atoms with E-state index in [2.05, 4.69) is 31.1 Å². The molecule has 0 aliphatic heterocycles. The Bertz CT molecular complexity index is 727. The van der Waals surface area contributed by atoms with Gasteiger partial charge < -0.3 is 10.1 Å². The minimum Gasteiger partial charge on any atom is -0.496 e. The van der Waals surface area contributed by atoms with Crippen molar-refractivity contribution in [2.45, 2.75) is 44.4 Å². The van der Waals surface area contributed by atoms with E-state index in [9.17, 15) is 4.79 Å². The van der Waals surface area contributed by atoms with Crippen molar-refractivity contribution < 1.29 is 9.53 Å². The van der Waals surface area contributed by atoms with Gasteiger partial charge in [0, 0.05) is 16.4 Å². The molecule has 122 valence electrons. The monoisotopic (exact) mass is 330 g/mol. The van der Waals surface area contributed by atoms with Crippen LogP contribution in [0.2, 0.25) is 0 Å². The molecule has 5 heteroatoms. The number of rotatable bonds is 4. The predicted molar refractivity (Wildman–Crippen MR) is 93.3 cm³/mol. The SMILES string of the molecule is COc1ccccc1C1(C(=O)Nc2nc(C(C)(C)C)cs2)CC1. The first-order chi connectivity index (χ1) is 10.9. The molecule has 1 heterocycles. The smallest absolute Gasteiger partial charge is 0.236 e. The summed E-state index contributed by atoms with van der Waals surface area (Å²) in [4.78, 5) is 17.4. The second-order valence-corrected chi connectivity index (χ2v) is 7.88. The fourth-order valence-electron chi connectivity index (χ4n) is 2.68. The maximum absolute atomic E-state index is 12.8. The van der Waals surface area contributed by atoms with E-state index in [1.165, 1.54) is 11.3 Å².